The van der Waals surface area contributed by atoms with Gasteiger partial charge in [-0.15, -0.1) is 5.92 Å². The first-order valence-corrected chi connectivity index (χ1v) is 37.4. The molecule has 0 spiro atoms. The summed E-state index contributed by atoms with van der Waals surface area (Å²) in [6.45, 7) is 5.12. The molecule has 0 radical (unpaired) electrons. The van der Waals surface area contributed by atoms with Crippen molar-refractivity contribution in [2.24, 2.45) is 116 Å². The number of allylic oxidation sites excluding steroid dienone is 5. The minimum Gasteiger partial charge on any atom is -0.508 e. The summed E-state index contributed by atoms with van der Waals surface area (Å²) in [5.74, 6) is -1.10. The van der Waals surface area contributed by atoms with Gasteiger partial charge in [0.15, 0.2) is 23.8 Å². The number of aliphatic hydroxyl groups excluding tert-OH is 5. The van der Waals surface area contributed by atoms with Crippen LogP contribution in [-0.2, 0) is 19.1 Å². The second-order valence-electron chi connectivity index (χ2n) is 30.6. The first-order valence-electron chi connectivity index (χ1n) is 34.9. The highest BCUT2D eigenvalue weighted by Crippen LogP contribution is 2.75. The molecule has 2 aromatic rings. The fourth-order valence-electron chi connectivity index (χ4n) is 22.4. The highest BCUT2D eigenvalue weighted by Gasteiger charge is 2.76. The van der Waals surface area contributed by atoms with Crippen molar-refractivity contribution in [2.75, 3.05) is 24.7 Å². The molecule has 6 bridgehead atoms. The predicted octanol–water partition coefficient (Wildman–Crippen LogP) is 6.90. The van der Waals surface area contributed by atoms with Gasteiger partial charge in [0, 0.05) is 90.1 Å². The Morgan fingerprint density at radius 1 is 0.925 bits per heavy atom. The molecule has 25 atom stereocenters. The van der Waals surface area contributed by atoms with Crippen molar-refractivity contribution < 1.29 is 65.1 Å². The van der Waals surface area contributed by atoms with Gasteiger partial charge < -0.3 is 72.5 Å². The number of aliphatic imine (C=N–C) groups is 1. The molecule has 18 nitrogen and oxygen atoms in total. The van der Waals surface area contributed by atoms with E-state index in [1.54, 1.807) is 37.4 Å². The zero-order chi connectivity index (χ0) is 65.6. The number of carbonyl (C=O) groups is 3. The second kappa shape index (κ2) is 26.3. The Kier molecular flexibility index (Phi) is 18.9. The number of nitrogens with one attached hydrogen (secondary N) is 2. The molecule has 506 valence electrons. The molecule has 7 fully saturated rings. The number of cyclic esters (lactones) is 1. The van der Waals surface area contributed by atoms with Crippen LogP contribution < -0.4 is 16.8 Å². The monoisotopic (exact) mass is 1320 g/mol. The van der Waals surface area contributed by atoms with Gasteiger partial charge in [0.05, 0.1) is 47.7 Å². The Hall–Kier alpha value is -4.66. The van der Waals surface area contributed by atoms with Crippen LogP contribution in [0.2, 0.25) is 0 Å². The number of benzene rings is 1. The molecule has 11 aliphatic rings. The Balaban J connectivity index is 1.03. The number of H-pyrrole nitrogens is 1. The maximum atomic E-state index is 16.9. The molecule has 20 heteroatoms. The van der Waals surface area contributed by atoms with Crippen LogP contribution in [0.1, 0.15) is 153 Å². The molecule has 93 heavy (non-hydrogen) atoms. The van der Waals surface area contributed by atoms with Crippen LogP contribution in [0.4, 0.5) is 0 Å². The minimum atomic E-state index is -2.14. The topological polar surface area (TPSA) is 335 Å². The molecule has 13 rings (SSSR count). The number of ether oxygens (including phenoxy) is 1. The number of aromatic hydroxyl groups is 1. The lowest BCUT2D eigenvalue weighted by atomic mass is 9.39. The molecule has 15 N–H and O–H groups in total. The fourth-order valence-corrected chi connectivity index (χ4v) is 25.2. The maximum absolute atomic E-state index is 16.9. The number of guanidine groups is 1. The number of aromatic nitrogens is 1. The summed E-state index contributed by atoms with van der Waals surface area (Å²) < 4.78 is 6.39. The van der Waals surface area contributed by atoms with Gasteiger partial charge in [-0.1, -0.05) is 96.6 Å². The normalized spacial score (nSPS) is 44.3. The van der Waals surface area contributed by atoms with Gasteiger partial charge in [0.2, 0.25) is 0 Å². The van der Waals surface area contributed by atoms with Crippen molar-refractivity contribution in [3.8, 4) is 17.6 Å². The van der Waals surface area contributed by atoms with E-state index in [1.807, 2.05) is 19.2 Å². The van der Waals surface area contributed by atoms with E-state index in [9.17, 15) is 45.6 Å². The Labute approximate surface area is 554 Å². The average Bonchev–Trinajstić information content (AvgIpc) is 1.64. The summed E-state index contributed by atoms with van der Waals surface area (Å²) in [7, 11) is 3.01. The van der Waals surface area contributed by atoms with Gasteiger partial charge in [-0.3, -0.25) is 19.4 Å². The number of aromatic amines is 1. The highest BCUT2D eigenvalue weighted by molar-refractivity contribution is 8.76. The fraction of sp³-hybridized carbons (Fsp3) is 0.699. The van der Waals surface area contributed by atoms with E-state index < -0.39 is 136 Å². The first-order chi connectivity index (χ1) is 44.6. The number of phenols is 1. The van der Waals surface area contributed by atoms with Crippen molar-refractivity contribution in [1.29, 1.82) is 0 Å². The van der Waals surface area contributed by atoms with Gasteiger partial charge in [-0.25, -0.2) is 0 Å². The number of fused-ring (bicyclic) bond motifs is 8. The summed E-state index contributed by atoms with van der Waals surface area (Å²) in [4.78, 5) is 54.4. The number of phenolic OH excluding ortho intramolecular Hbond substituents is 1. The third kappa shape index (κ3) is 11.3. The van der Waals surface area contributed by atoms with Crippen molar-refractivity contribution in [3.63, 3.8) is 0 Å². The second-order valence-corrected chi connectivity index (χ2v) is 33.2. The number of Topliss-reactive ketones (excluding diaryl/α,β-unsaturated/α-hetero) is 2. The summed E-state index contributed by atoms with van der Waals surface area (Å²) in [5, 5.41) is 118. The Morgan fingerprint density at radius 3 is 2.40 bits per heavy atom. The zero-order valence-electron chi connectivity index (χ0n) is 54.0. The third-order valence-electron chi connectivity index (χ3n) is 26.2. The van der Waals surface area contributed by atoms with Crippen molar-refractivity contribution in [1.82, 2.24) is 10.3 Å². The maximum Gasteiger partial charge on any atom is 0.314 e. The molecule has 25 unspecified atom stereocenters. The summed E-state index contributed by atoms with van der Waals surface area (Å²) in [5.41, 5.74) is 8.82. The first kappa shape index (κ1) is 66.9. The smallest absolute Gasteiger partial charge is 0.314 e. The Morgan fingerprint density at radius 2 is 1.69 bits per heavy atom. The number of hydrogen-bond donors (Lipinski definition) is 13. The van der Waals surface area contributed by atoms with Gasteiger partial charge >= 0.3 is 5.97 Å². The molecule has 9 aliphatic carbocycles. The number of esters is 1. The van der Waals surface area contributed by atoms with Crippen LogP contribution in [-0.4, -0.2) is 147 Å². The zero-order valence-corrected chi connectivity index (χ0v) is 55.6. The highest BCUT2D eigenvalue weighted by atomic mass is 33.1. The van der Waals surface area contributed by atoms with E-state index in [-0.39, 0.29) is 116 Å². The molecule has 1 aromatic heterocycles. The lowest BCUT2D eigenvalue weighted by Gasteiger charge is -2.66. The number of aliphatic hydroxyl groups is 8. The lowest BCUT2D eigenvalue weighted by Crippen LogP contribution is -2.69. The standard InChI is InChI=1S/C73H99N5O13S2/c1-4-55-60(58(68(88)91-55)42-22-25-76-33-42)46-12-8-9-41-31-73(90)62-51(21-23-71(73,24-26-77-69(74)75)66(41)70(3,89)56(83)30-49(67(86)87)57-40-17-20-47(46)59(57)48-27-37(2)13-14-39(48)28-40)72(44-10-6-5-7-11-44)32-54(82)64(84)50-36-93-92-35-43(38-15-18-45(80)19-16-38)29-53(81)52(34-79)78-63(62)65(85)61(50)72/h15-20,22,25,28,33,37,40-41,43-44,46-52,54-61,64,66-67,76,78-80,82-84,86-87,89-90H,4-7,9-11,13-14,21,23-24,26-27,29-32,34-36H2,1-3H3,(H4,74,75,77). The lowest BCUT2D eigenvalue weighted by molar-refractivity contribution is -0.209. The number of nitrogens with zero attached hydrogens (tertiary/aromatic N) is 1. The number of carbonyl (C=O) groups excluding carboxylic acids is 3. The predicted molar refractivity (Wildman–Crippen MR) is 355 cm³/mol. The van der Waals surface area contributed by atoms with E-state index in [0.29, 0.717) is 30.1 Å². The quantitative estimate of drug-likeness (QED) is 0.0219. The van der Waals surface area contributed by atoms with E-state index in [4.69, 9.17) is 16.2 Å². The molecule has 0 amide bonds. The molecule has 1 aromatic carbocycles. The van der Waals surface area contributed by atoms with Crippen LogP contribution in [0.25, 0.3) is 0 Å². The molecule has 2 saturated heterocycles. The van der Waals surface area contributed by atoms with E-state index in [1.165, 1.54) is 27.2 Å². The molecular weight excluding hydrogens is 1220 g/mol. The summed E-state index contributed by atoms with van der Waals surface area (Å²) >= 11 is 0. The number of nitrogens with two attached hydrogens (primary N) is 2. The molecular formula is C73H99N5O13S2. The van der Waals surface area contributed by atoms with Crippen LogP contribution in [0.3, 0.4) is 0 Å². The van der Waals surface area contributed by atoms with E-state index in [0.717, 1.165) is 62.5 Å². The van der Waals surface area contributed by atoms with Crippen molar-refractivity contribution in [3.05, 3.63) is 88.9 Å². The van der Waals surface area contributed by atoms with Crippen molar-refractivity contribution in [2.45, 2.75) is 190 Å². The van der Waals surface area contributed by atoms with Crippen LogP contribution in [0.5, 0.6) is 5.75 Å². The largest absolute Gasteiger partial charge is 0.508 e. The van der Waals surface area contributed by atoms with Crippen molar-refractivity contribution >= 4 is 45.1 Å². The van der Waals surface area contributed by atoms with Gasteiger partial charge in [0.25, 0.3) is 0 Å². The SMILES string of the molecule is CCC1OC(=O)C(c2cc[nH]c2)C1C1C#CCC2CC3(O)C4=C5NC(CO)C(=O)CC(c6ccc(O)cc6)CSSCC6C(O)C(O)CC(C7CCCCC7)(C4CCC3(CCN=C(N)N)C2C(C)(O)C(O)CC(C(O)O)C2C3C=CC1C2C1CC(C)CCC1=C3)C6C5=O. The van der Waals surface area contributed by atoms with E-state index >= 15 is 14.7 Å². The number of ketones is 2. The molecule has 2 aliphatic heterocycles. The number of hydrogen-bond acceptors (Lipinski definition) is 17. The van der Waals surface area contributed by atoms with Crippen LogP contribution in [0, 0.1) is 111 Å². The third-order valence-corrected chi connectivity index (χ3v) is 28.7. The van der Waals surface area contributed by atoms with Gasteiger partial charge in [-0.05, 0) is 178 Å². The minimum absolute atomic E-state index is 0.0181. The van der Waals surface area contributed by atoms with Gasteiger partial charge in [0.1, 0.15) is 17.9 Å². The number of rotatable bonds is 10. The Bertz CT molecular complexity index is 3300. The van der Waals surface area contributed by atoms with Crippen LogP contribution >= 0.6 is 21.6 Å². The van der Waals surface area contributed by atoms with Gasteiger partial charge in [-0.2, -0.15) is 0 Å². The average molecular weight is 1320 g/mol. The van der Waals surface area contributed by atoms with Crippen LogP contribution in [0.15, 0.2) is 82.8 Å². The molecule has 3 heterocycles. The summed E-state index contributed by atoms with van der Waals surface area (Å²) in [6, 6.07) is 7.24. The summed E-state index contributed by atoms with van der Waals surface area (Å²) in [6.07, 6.45) is 11.6. The van der Waals surface area contributed by atoms with E-state index in [2.05, 4.69) is 52.3 Å². The molecule has 5 saturated carbocycles.